The van der Waals surface area contributed by atoms with Gasteiger partial charge < -0.3 is 10.1 Å². The van der Waals surface area contributed by atoms with E-state index in [4.69, 9.17) is 4.74 Å². The van der Waals surface area contributed by atoms with Gasteiger partial charge in [0.2, 0.25) is 0 Å². The van der Waals surface area contributed by atoms with Crippen molar-refractivity contribution in [2.75, 3.05) is 38.5 Å². The van der Waals surface area contributed by atoms with E-state index >= 15 is 0 Å². The fourth-order valence-electron chi connectivity index (χ4n) is 3.68. The van der Waals surface area contributed by atoms with Crippen molar-refractivity contribution in [3.8, 4) is 5.75 Å². The molecule has 2 aromatic rings. The van der Waals surface area contributed by atoms with Crippen LogP contribution in [-0.4, -0.2) is 43.4 Å². The highest BCUT2D eigenvalue weighted by atomic mass is 32.2. The fraction of sp³-hybridized carbons (Fsp3) is 0.520. The summed E-state index contributed by atoms with van der Waals surface area (Å²) < 4.78 is 5.97. The maximum atomic E-state index is 5.97. The topological polar surface area (TPSA) is 24.5 Å². The maximum Gasteiger partial charge on any atom is 0.119 e. The summed E-state index contributed by atoms with van der Waals surface area (Å²) in [6.45, 7) is 6.44. The molecule has 1 aliphatic rings. The van der Waals surface area contributed by atoms with Crippen LogP contribution in [0.15, 0.2) is 59.5 Å². The summed E-state index contributed by atoms with van der Waals surface area (Å²) in [5, 5.41) is 3.54. The molecule has 158 valence electrons. The minimum atomic E-state index is 0.782. The lowest BCUT2D eigenvalue weighted by molar-refractivity contribution is 0.220. The number of piperidine rings is 1. The van der Waals surface area contributed by atoms with Gasteiger partial charge in [0.1, 0.15) is 5.75 Å². The van der Waals surface area contributed by atoms with Gasteiger partial charge in [-0.2, -0.15) is 0 Å². The number of thioether (sulfide) groups is 1. The third-order valence-electron chi connectivity index (χ3n) is 5.28. The van der Waals surface area contributed by atoms with Crippen LogP contribution in [0.1, 0.15) is 44.1 Å². The summed E-state index contributed by atoms with van der Waals surface area (Å²) in [5.41, 5.74) is 1.37. The van der Waals surface area contributed by atoms with Gasteiger partial charge in [-0.25, -0.2) is 0 Å². The molecule has 0 aromatic heterocycles. The summed E-state index contributed by atoms with van der Waals surface area (Å²) in [6.07, 6.45) is 7.62. The van der Waals surface area contributed by atoms with E-state index < -0.39 is 0 Å². The molecule has 0 unspecified atom stereocenters. The van der Waals surface area contributed by atoms with Crippen LogP contribution in [0.25, 0.3) is 0 Å². The van der Waals surface area contributed by atoms with Gasteiger partial charge in [-0.05, 0) is 93.9 Å². The molecule has 0 radical (unpaired) electrons. The molecule has 0 aliphatic carbocycles. The van der Waals surface area contributed by atoms with Crippen molar-refractivity contribution in [3.63, 3.8) is 0 Å². The van der Waals surface area contributed by atoms with Crippen LogP contribution in [0.4, 0.5) is 0 Å². The predicted molar refractivity (Wildman–Crippen MR) is 125 cm³/mol. The Labute approximate surface area is 181 Å². The third-order valence-corrected chi connectivity index (χ3v) is 6.38. The highest BCUT2D eigenvalue weighted by Crippen LogP contribution is 2.19. The molecule has 29 heavy (non-hydrogen) atoms. The first kappa shape index (κ1) is 22.2. The average Bonchev–Trinajstić information content (AvgIpc) is 2.77. The minimum absolute atomic E-state index is 0.782. The number of nitrogens with one attached hydrogen (secondary N) is 1. The van der Waals surface area contributed by atoms with Crippen molar-refractivity contribution in [2.45, 2.75) is 50.0 Å². The number of ether oxygens (including phenoxy) is 1. The summed E-state index contributed by atoms with van der Waals surface area (Å²) in [7, 11) is 0. The van der Waals surface area contributed by atoms with Gasteiger partial charge >= 0.3 is 0 Å². The molecule has 1 N–H and O–H groups in total. The Morgan fingerprint density at radius 2 is 1.69 bits per heavy atom. The zero-order chi connectivity index (χ0) is 20.0. The van der Waals surface area contributed by atoms with E-state index in [1.54, 1.807) is 0 Å². The summed E-state index contributed by atoms with van der Waals surface area (Å²) in [6, 6.07) is 19.3. The van der Waals surface area contributed by atoms with Gasteiger partial charge in [-0.15, -0.1) is 11.8 Å². The van der Waals surface area contributed by atoms with Crippen LogP contribution in [0.5, 0.6) is 5.75 Å². The summed E-state index contributed by atoms with van der Waals surface area (Å²) >= 11 is 1.95. The Kier molecular flexibility index (Phi) is 10.5. The van der Waals surface area contributed by atoms with E-state index in [2.05, 4.69) is 64.8 Å². The lowest BCUT2D eigenvalue weighted by Gasteiger charge is -2.26. The molecular formula is C25H36N2OS. The van der Waals surface area contributed by atoms with Crippen molar-refractivity contribution in [3.05, 3.63) is 60.2 Å². The Hall–Kier alpha value is -1.49. The van der Waals surface area contributed by atoms with Crippen molar-refractivity contribution in [1.82, 2.24) is 10.2 Å². The third kappa shape index (κ3) is 9.24. The Balaban J connectivity index is 1.19. The number of hydrogen-bond acceptors (Lipinski definition) is 4. The zero-order valence-corrected chi connectivity index (χ0v) is 18.5. The van der Waals surface area contributed by atoms with Gasteiger partial charge in [-0.3, -0.25) is 4.90 Å². The van der Waals surface area contributed by atoms with E-state index in [-0.39, 0.29) is 0 Å². The van der Waals surface area contributed by atoms with Crippen molar-refractivity contribution in [2.24, 2.45) is 0 Å². The molecule has 3 nitrogen and oxygen atoms in total. The Bertz CT molecular complexity index is 674. The maximum absolute atomic E-state index is 5.97. The predicted octanol–water partition coefficient (Wildman–Crippen LogP) is 5.60. The number of unbranched alkanes of at least 4 members (excludes halogenated alkanes) is 1. The number of rotatable bonds is 13. The SMILES string of the molecule is c1ccc(SCCCCNCCCOc2cccc(CN3CCCCC3)c2)cc1. The molecule has 0 atom stereocenters. The first-order chi connectivity index (χ1) is 14.4. The Morgan fingerprint density at radius 1 is 0.862 bits per heavy atom. The molecule has 1 heterocycles. The molecule has 0 bridgehead atoms. The smallest absolute Gasteiger partial charge is 0.119 e. The second-order valence-corrected chi connectivity index (χ2v) is 8.97. The van der Waals surface area contributed by atoms with Crippen LogP contribution in [0, 0.1) is 0 Å². The highest BCUT2D eigenvalue weighted by Gasteiger charge is 2.10. The zero-order valence-electron chi connectivity index (χ0n) is 17.7. The van der Waals surface area contributed by atoms with E-state index in [0.29, 0.717) is 0 Å². The van der Waals surface area contributed by atoms with Gasteiger partial charge in [0.15, 0.2) is 0 Å². The van der Waals surface area contributed by atoms with Crippen LogP contribution in [0.3, 0.4) is 0 Å². The molecule has 3 rings (SSSR count). The standard InChI is InChI=1S/C25H36N2OS/c1-3-13-25(14-4-1)29-20-8-5-15-26-16-10-19-28-24-12-9-11-23(21-24)22-27-17-6-2-7-18-27/h1,3-4,9,11-14,21,26H,2,5-8,10,15-20,22H2. The number of likely N-dealkylation sites (tertiary alicyclic amines) is 1. The summed E-state index contributed by atoms with van der Waals surface area (Å²) in [4.78, 5) is 3.93. The quantitative estimate of drug-likeness (QED) is 0.342. The number of nitrogens with zero attached hydrogens (tertiary/aromatic N) is 1. The minimum Gasteiger partial charge on any atom is -0.494 e. The highest BCUT2D eigenvalue weighted by molar-refractivity contribution is 7.99. The molecule has 4 heteroatoms. The van der Waals surface area contributed by atoms with Crippen LogP contribution >= 0.6 is 11.8 Å². The largest absolute Gasteiger partial charge is 0.494 e. The molecular weight excluding hydrogens is 376 g/mol. The van der Waals surface area contributed by atoms with E-state index in [9.17, 15) is 0 Å². The van der Waals surface area contributed by atoms with E-state index in [0.717, 1.165) is 38.4 Å². The monoisotopic (exact) mass is 412 g/mol. The van der Waals surface area contributed by atoms with Crippen LogP contribution in [-0.2, 0) is 6.54 Å². The van der Waals surface area contributed by atoms with Gasteiger partial charge in [-0.1, -0.05) is 36.8 Å². The van der Waals surface area contributed by atoms with Crippen molar-refractivity contribution in [1.29, 1.82) is 0 Å². The van der Waals surface area contributed by atoms with E-state index in [1.165, 1.54) is 61.4 Å². The van der Waals surface area contributed by atoms with E-state index in [1.807, 2.05) is 11.8 Å². The fourth-order valence-corrected chi connectivity index (χ4v) is 4.61. The van der Waals surface area contributed by atoms with Crippen LogP contribution in [0.2, 0.25) is 0 Å². The van der Waals surface area contributed by atoms with Crippen LogP contribution < -0.4 is 10.1 Å². The van der Waals surface area contributed by atoms with Gasteiger partial charge in [0, 0.05) is 11.4 Å². The molecule has 1 aliphatic heterocycles. The van der Waals surface area contributed by atoms with Gasteiger partial charge in [0.25, 0.3) is 0 Å². The molecule has 2 aromatic carbocycles. The van der Waals surface area contributed by atoms with Crippen molar-refractivity contribution < 1.29 is 4.74 Å². The first-order valence-corrected chi connectivity index (χ1v) is 12.2. The first-order valence-electron chi connectivity index (χ1n) is 11.2. The van der Waals surface area contributed by atoms with Crippen molar-refractivity contribution >= 4 is 11.8 Å². The molecule has 0 spiro atoms. The average molecular weight is 413 g/mol. The lowest BCUT2D eigenvalue weighted by Crippen LogP contribution is -2.29. The number of benzene rings is 2. The Morgan fingerprint density at radius 3 is 2.55 bits per heavy atom. The molecule has 1 fully saturated rings. The normalized spacial score (nSPS) is 14.8. The molecule has 1 saturated heterocycles. The molecule has 0 saturated carbocycles. The molecule has 0 amide bonds. The summed E-state index contributed by atoms with van der Waals surface area (Å²) in [5.74, 6) is 2.21. The number of hydrogen-bond donors (Lipinski definition) is 1. The lowest BCUT2D eigenvalue weighted by atomic mass is 10.1. The van der Waals surface area contributed by atoms with Gasteiger partial charge in [0.05, 0.1) is 6.61 Å². The second kappa shape index (κ2) is 13.7. The second-order valence-electron chi connectivity index (χ2n) is 7.80.